The number of alkyl halides is 1. The molecule has 8 rings (SSSR count). The van der Waals surface area contributed by atoms with Gasteiger partial charge in [-0.3, -0.25) is 19.9 Å². The molecule has 1 aromatic heterocycles. The number of halogens is 3. The second-order valence-corrected chi connectivity index (χ2v) is 26.4. The first kappa shape index (κ1) is 48.3. The highest BCUT2D eigenvalue weighted by Crippen LogP contribution is 2.47. The number of fused-ring (bicyclic) bond motifs is 5. The SMILES string of the molecule is COCOc1cc(-c2c([N+](=O)[O-])cc3c(N4C[C@H]5CC[C@@H](C4)N5C(=O)OC(C)(C)C)nc(OC[C@@]45CCCN4C[C@H](F)C5)nc3c2F)c2c(C#C[Si](C(C)C)(C(C)C)C(C)C)c(F)ccc2c1. The van der Waals surface area contributed by atoms with Crippen molar-refractivity contribution in [2.75, 3.05) is 51.6 Å². The molecule has 4 aliphatic rings. The Morgan fingerprint density at radius 2 is 1.69 bits per heavy atom. The van der Waals surface area contributed by atoms with Crippen LogP contribution >= 0.6 is 0 Å². The third kappa shape index (κ3) is 8.89. The monoisotopic (exact) mass is 944 g/mol. The number of rotatable bonds is 12. The molecule has 4 aliphatic heterocycles. The van der Waals surface area contributed by atoms with Crippen molar-refractivity contribution in [1.29, 1.82) is 0 Å². The quantitative estimate of drug-likeness (QED) is 0.0442. The van der Waals surface area contributed by atoms with Crippen molar-refractivity contribution in [2.24, 2.45) is 0 Å². The van der Waals surface area contributed by atoms with E-state index >= 15 is 8.78 Å². The average molecular weight is 945 g/mol. The van der Waals surface area contributed by atoms with Crippen molar-refractivity contribution >= 4 is 47.3 Å². The van der Waals surface area contributed by atoms with E-state index in [1.165, 1.54) is 31.4 Å². The molecule has 13 nitrogen and oxygen atoms in total. The van der Waals surface area contributed by atoms with Crippen molar-refractivity contribution in [3.8, 4) is 34.4 Å². The van der Waals surface area contributed by atoms with Gasteiger partial charge in [-0.15, -0.1) is 5.54 Å². The van der Waals surface area contributed by atoms with Crippen molar-refractivity contribution in [3.05, 3.63) is 57.6 Å². The summed E-state index contributed by atoms with van der Waals surface area (Å²) in [5.74, 6) is 1.93. The van der Waals surface area contributed by atoms with Crippen LogP contribution in [-0.4, -0.2) is 115 Å². The fraction of sp³-hybridized carbons (Fsp3) is 0.580. The van der Waals surface area contributed by atoms with Crippen LogP contribution in [0.4, 0.5) is 29.5 Å². The third-order valence-corrected chi connectivity index (χ3v) is 20.9. The first-order valence-electron chi connectivity index (χ1n) is 23.6. The molecule has 3 aromatic carbocycles. The summed E-state index contributed by atoms with van der Waals surface area (Å²) in [6.07, 6.45) is 1.77. The predicted molar refractivity (Wildman–Crippen MR) is 255 cm³/mol. The number of nitro groups is 1. The minimum atomic E-state index is -2.45. The van der Waals surface area contributed by atoms with E-state index in [1.807, 2.05) is 25.7 Å². The molecule has 4 aromatic rings. The second kappa shape index (κ2) is 18.4. The molecular weight excluding hydrogens is 882 g/mol. The van der Waals surface area contributed by atoms with Crippen molar-refractivity contribution < 1.29 is 41.8 Å². The molecule has 4 saturated heterocycles. The number of hydrogen-bond acceptors (Lipinski definition) is 11. The summed E-state index contributed by atoms with van der Waals surface area (Å²) in [6.45, 7) is 19.8. The van der Waals surface area contributed by atoms with Crippen LogP contribution in [0, 0.1) is 33.2 Å². The maximum atomic E-state index is 18.3. The topological polar surface area (TPSA) is 133 Å². The highest BCUT2D eigenvalue weighted by atomic mass is 28.3. The summed E-state index contributed by atoms with van der Waals surface area (Å²) < 4.78 is 72.9. The summed E-state index contributed by atoms with van der Waals surface area (Å²) in [5.41, 5.74) is 1.62. The molecule has 17 heteroatoms. The number of carbonyl (C=O) groups excluding carboxylic acids is 1. The molecule has 0 N–H and O–H groups in total. The van der Waals surface area contributed by atoms with Crippen LogP contribution in [0.25, 0.3) is 32.8 Å². The number of amides is 1. The maximum Gasteiger partial charge on any atom is 0.410 e. The zero-order valence-corrected chi connectivity index (χ0v) is 41.3. The second-order valence-electron chi connectivity index (χ2n) is 20.8. The fourth-order valence-electron chi connectivity index (χ4n) is 11.8. The summed E-state index contributed by atoms with van der Waals surface area (Å²) in [4.78, 5) is 41.5. The molecule has 4 atom stereocenters. The van der Waals surface area contributed by atoms with Crippen LogP contribution in [0.15, 0.2) is 30.3 Å². The highest BCUT2D eigenvalue weighted by Gasteiger charge is 2.50. The molecule has 360 valence electrons. The number of piperazine rings is 1. The number of nitro benzene ring substituents is 1. The Morgan fingerprint density at radius 3 is 2.31 bits per heavy atom. The lowest BCUT2D eigenvalue weighted by Crippen LogP contribution is -2.57. The zero-order valence-electron chi connectivity index (χ0n) is 40.3. The Hall–Kier alpha value is -5.18. The standard InChI is InChI=1S/C50H63F3N6O7Si/c1-29(2)67(30(3)4,31(5)6)19-16-37-40(52)15-12-32-20-36(65-28-63-10)21-38(42(32)37)43-41(59(61)62)22-39-45(44(43)53)54-47(64-27-50-17-11-18-57(50)24-33(51)23-50)55-46(39)56-25-34-13-14-35(26-56)58(34)48(60)66-49(7,8)9/h12,15,20-22,29-31,33-35H,11,13-14,17-18,23-28H2,1-10H3/t33-,34-,35+,50+/m1/s1. The van der Waals surface area contributed by atoms with Gasteiger partial charge < -0.3 is 23.8 Å². The van der Waals surface area contributed by atoms with Crippen molar-refractivity contribution in [2.45, 2.75) is 140 Å². The van der Waals surface area contributed by atoms with Gasteiger partial charge >= 0.3 is 12.1 Å². The van der Waals surface area contributed by atoms with E-state index in [1.54, 1.807) is 11.0 Å². The molecule has 0 saturated carbocycles. The van der Waals surface area contributed by atoms with Crippen LogP contribution in [0.2, 0.25) is 16.6 Å². The van der Waals surface area contributed by atoms with Crippen molar-refractivity contribution in [3.63, 3.8) is 0 Å². The van der Waals surface area contributed by atoms with E-state index in [0.29, 0.717) is 31.2 Å². The van der Waals surface area contributed by atoms with Gasteiger partial charge in [-0.2, -0.15) is 9.97 Å². The van der Waals surface area contributed by atoms with Crippen LogP contribution in [0.5, 0.6) is 11.8 Å². The third-order valence-electron chi connectivity index (χ3n) is 14.6. The smallest absolute Gasteiger partial charge is 0.410 e. The fourth-order valence-corrected chi connectivity index (χ4v) is 17.0. The first-order chi connectivity index (χ1) is 31.7. The number of methoxy groups -OCH3 is 1. The number of aromatic nitrogens is 2. The molecule has 0 unspecified atom stereocenters. The van der Waals surface area contributed by atoms with E-state index in [0.717, 1.165) is 13.0 Å². The maximum absolute atomic E-state index is 18.3. The minimum Gasteiger partial charge on any atom is -0.468 e. The number of benzene rings is 3. The molecular formula is C50H63F3N6O7Si. The molecule has 0 spiro atoms. The minimum absolute atomic E-state index is 0.00718. The average Bonchev–Trinajstić information content (AvgIpc) is 3.87. The Kier molecular flexibility index (Phi) is 13.2. The molecule has 2 bridgehead atoms. The van der Waals surface area contributed by atoms with E-state index in [2.05, 4.69) is 62.9 Å². The zero-order chi connectivity index (χ0) is 48.3. The summed E-state index contributed by atoms with van der Waals surface area (Å²) >= 11 is 0. The number of carbonyl (C=O) groups is 1. The lowest BCUT2D eigenvalue weighted by atomic mass is 9.92. The highest BCUT2D eigenvalue weighted by molar-refractivity contribution is 6.90. The van der Waals surface area contributed by atoms with Gasteiger partial charge in [0.1, 0.15) is 49.4 Å². The summed E-state index contributed by atoms with van der Waals surface area (Å²) in [7, 11) is -1.00. The van der Waals surface area contributed by atoms with E-state index < -0.39 is 59.3 Å². The van der Waals surface area contributed by atoms with Gasteiger partial charge in [0.15, 0.2) is 12.6 Å². The van der Waals surface area contributed by atoms with Crippen LogP contribution < -0.4 is 14.4 Å². The molecule has 4 fully saturated rings. The number of nitrogens with zero attached hydrogens (tertiary/aromatic N) is 6. The van der Waals surface area contributed by atoms with Gasteiger partial charge in [0, 0.05) is 50.2 Å². The number of hydrogen-bond donors (Lipinski definition) is 0. The van der Waals surface area contributed by atoms with Gasteiger partial charge in [0.05, 0.1) is 39.1 Å². The summed E-state index contributed by atoms with van der Waals surface area (Å²) in [5, 5.41) is 14.1. The van der Waals surface area contributed by atoms with Gasteiger partial charge in [0.25, 0.3) is 5.69 Å². The number of ether oxygens (including phenoxy) is 4. The van der Waals surface area contributed by atoms with Crippen LogP contribution in [0.3, 0.4) is 0 Å². The normalized spacial score (nSPS) is 22.0. The molecule has 67 heavy (non-hydrogen) atoms. The molecule has 0 aliphatic carbocycles. The van der Waals surface area contributed by atoms with E-state index in [4.69, 9.17) is 23.9 Å². The molecule has 1 amide bonds. The Morgan fingerprint density at radius 1 is 1.00 bits per heavy atom. The van der Waals surface area contributed by atoms with Crippen molar-refractivity contribution in [1.82, 2.24) is 19.8 Å². The van der Waals surface area contributed by atoms with Gasteiger partial charge in [-0.05, 0) is 93.2 Å². The Labute approximate surface area is 391 Å². The van der Waals surface area contributed by atoms with E-state index in [9.17, 15) is 19.3 Å². The van der Waals surface area contributed by atoms with Crippen LogP contribution in [0.1, 0.15) is 100.0 Å². The van der Waals surface area contributed by atoms with Gasteiger partial charge in [-0.25, -0.2) is 18.0 Å². The lowest BCUT2D eigenvalue weighted by Gasteiger charge is -2.42. The Bertz CT molecular complexity index is 2610. The molecule has 5 heterocycles. The largest absolute Gasteiger partial charge is 0.468 e. The summed E-state index contributed by atoms with van der Waals surface area (Å²) in [6, 6.07) is 6.45. The van der Waals surface area contributed by atoms with Crippen LogP contribution in [-0.2, 0) is 9.47 Å². The van der Waals surface area contributed by atoms with Gasteiger partial charge in [-0.1, -0.05) is 53.5 Å². The van der Waals surface area contributed by atoms with E-state index in [-0.39, 0.29) is 107 Å². The predicted octanol–water partition coefficient (Wildman–Crippen LogP) is 10.7. The first-order valence-corrected chi connectivity index (χ1v) is 25.8. The number of anilines is 1. The Balaban J connectivity index is 1.35. The molecule has 0 radical (unpaired) electrons. The lowest BCUT2D eigenvalue weighted by molar-refractivity contribution is -0.384. The van der Waals surface area contributed by atoms with Gasteiger partial charge in [0.2, 0.25) is 0 Å².